The SMILES string of the molecule is CC/C=C\C/C=C\C/C=C\C/C=C\C/C=C\C/C=C\C/C=C\C/C=C\C/C=C\C/C=C\C/C=C\C/C=C\CCCCC(=O)OC(CO)COC(=O)CCCCCCCCCC. The first-order valence-corrected chi connectivity index (χ1v) is 23.9. The number of esters is 2. The van der Waals surface area contributed by atoms with E-state index in [-0.39, 0.29) is 25.2 Å². The highest BCUT2D eigenvalue weighted by Crippen LogP contribution is 2.11. The zero-order chi connectivity index (χ0) is 44.2. The maximum absolute atomic E-state index is 12.2. The Morgan fingerprint density at radius 2 is 0.705 bits per heavy atom. The molecule has 0 heterocycles. The van der Waals surface area contributed by atoms with E-state index in [1.165, 1.54) is 32.1 Å². The molecule has 0 aromatic rings. The van der Waals surface area contributed by atoms with Gasteiger partial charge in [0.1, 0.15) is 6.61 Å². The van der Waals surface area contributed by atoms with E-state index >= 15 is 0 Å². The average molecular weight is 839 g/mol. The third kappa shape index (κ3) is 48.3. The van der Waals surface area contributed by atoms with E-state index in [4.69, 9.17) is 9.47 Å². The summed E-state index contributed by atoms with van der Waals surface area (Å²) in [4.78, 5) is 24.2. The lowest BCUT2D eigenvalue weighted by Gasteiger charge is -2.15. The zero-order valence-corrected chi connectivity index (χ0v) is 38.6. The topological polar surface area (TPSA) is 72.8 Å². The molecule has 0 aromatic heterocycles. The van der Waals surface area contributed by atoms with Crippen LogP contribution in [0.3, 0.4) is 0 Å². The molecular weight excluding hydrogens is 753 g/mol. The van der Waals surface area contributed by atoms with Crippen LogP contribution in [0.5, 0.6) is 0 Å². The number of allylic oxidation sites excluding steroid dienone is 24. The van der Waals surface area contributed by atoms with Crippen molar-refractivity contribution >= 4 is 11.9 Å². The number of ether oxygens (including phenoxy) is 2. The van der Waals surface area contributed by atoms with Gasteiger partial charge in [0.25, 0.3) is 0 Å². The van der Waals surface area contributed by atoms with Crippen LogP contribution >= 0.6 is 0 Å². The van der Waals surface area contributed by atoms with Crippen LogP contribution in [-0.4, -0.2) is 36.4 Å². The van der Waals surface area contributed by atoms with Gasteiger partial charge in [-0.3, -0.25) is 9.59 Å². The fourth-order valence-electron chi connectivity index (χ4n) is 5.83. The highest BCUT2D eigenvalue weighted by molar-refractivity contribution is 5.70. The first-order valence-electron chi connectivity index (χ1n) is 23.9. The van der Waals surface area contributed by atoms with Crippen molar-refractivity contribution in [3.8, 4) is 0 Å². The number of carbonyl (C=O) groups excluding carboxylic acids is 2. The number of hydrogen-bond donors (Lipinski definition) is 1. The Morgan fingerprint density at radius 1 is 0.393 bits per heavy atom. The molecule has 0 aromatic carbocycles. The minimum absolute atomic E-state index is 0.0915. The van der Waals surface area contributed by atoms with E-state index in [0.29, 0.717) is 19.3 Å². The van der Waals surface area contributed by atoms with Gasteiger partial charge in [0, 0.05) is 12.8 Å². The van der Waals surface area contributed by atoms with Gasteiger partial charge in [-0.15, -0.1) is 0 Å². The highest BCUT2D eigenvalue weighted by atomic mass is 16.6. The smallest absolute Gasteiger partial charge is 0.306 e. The molecule has 0 bridgehead atoms. The molecule has 0 radical (unpaired) electrons. The normalized spacial score (nSPS) is 13.6. The van der Waals surface area contributed by atoms with Gasteiger partial charge >= 0.3 is 11.9 Å². The summed E-state index contributed by atoms with van der Waals surface area (Å²) >= 11 is 0. The summed E-state index contributed by atoms with van der Waals surface area (Å²) < 4.78 is 10.5. The highest BCUT2D eigenvalue weighted by Gasteiger charge is 2.16. The molecular formula is C56H86O5. The summed E-state index contributed by atoms with van der Waals surface area (Å²) in [6, 6.07) is 0. The van der Waals surface area contributed by atoms with E-state index in [0.717, 1.165) is 109 Å². The summed E-state index contributed by atoms with van der Waals surface area (Å²) in [5.41, 5.74) is 0. The average Bonchev–Trinajstić information content (AvgIpc) is 3.26. The molecule has 1 atom stereocenters. The van der Waals surface area contributed by atoms with Crippen molar-refractivity contribution in [2.24, 2.45) is 0 Å². The fourth-order valence-corrected chi connectivity index (χ4v) is 5.83. The molecule has 0 saturated carbocycles. The zero-order valence-electron chi connectivity index (χ0n) is 38.6. The van der Waals surface area contributed by atoms with Gasteiger partial charge in [0.05, 0.1) is 6.61 Å². The largest absolute Gasteiger partial charge is 0.462 e. The van der Waals surface area contributed by atoms with Gasteiger partial charge in [-0.05, 0) is 103 Å². The summed E-state index contributed by atoms with van der Waals surface area (Å²) in [6.07, 6.45) is 76.7. The van der Waals surface area contributed by atoms with Crippen molar-refractivity contribution in [2.45, 2.75) is 180 Å². The summed E-state index contributed by atoms with van der Waals surface area (Å²) in [5.74, 6) is -0.660. The lowest BCUT2D eigenvalue weighted by molar-refractivity contribution is -0.161. The third-order valence-electron chi connectivity index (χ3n) is 9.40. The molecule has 340 valence electrons. The Morgan fingerprint density at radius 3 is 1.07 bits per heavy atom. The van der Waals surface area contributed by atoms with Gasteiger partial charge in [0.15, 0.2) is 6.10 Å². The van der Waals surface area contributed by atoms with Crippen LogP contribution in [0, 0.1) is 0 Å². The van der Waals surface area contributed by atoms with Crippen molar-refractivity contribution in [2.75, 3.05) is 13.2 Å². The Labute approximate surface area is 374 Å². The number of aliphatic hydroxyl groups is 1. The molecule has 0 aliphatic rings. The van der Waals surface area contributed by atoms with Crippen LogP contribution in [0.15, 0.2) is 146 Å². The van der Waals surface area contributed by atoms with Crippen LogP contribution in [0.25, 0.3) is 0 Å². The molecule has 1 unspecified atom stereocenters. The minimum atomic E-state index is -0.801. The molecule has 0 aliphatic carbocycles. The van der Waals surface area contributed by atoms with E-state index in [1.807, 2.05) is 0 Å². The van der Waals surface area contributed by atoms with Crippen molar-refractivity contribution in [3.63, 3.8) is 0 Å². The second-order valence-electron chi connectivity index (χ2n) is 15.1. The van der Waals surface area contributed by atoms with E-state index < -0.39 is 6.10 Å². The molecule has 0 rings (SSSR count). The molecule has 0 aliphatic heterocycles. The van der Waals surface area contributed by atoms with Crippen LogP contribution in [0.1, 0.15) is 174 Å². The van der Waals surface area contributed by atoms with Gasteiger partial charge in [-0.1, -0.05) is 205 Å². The van der Waals surface area contributed by atoms with Crippen molar-refractivity contribution in [1.29, 1.82) is 0 Å². The van der Waals surface area contributed by atoms with Gasteiger partial charge in [-0.25, -0.2) is 0 Å². The Bertz CT molecular complexity index is 1360. The Balaban J connectivity index is 3.73. The summed E-state index contributed by atoms with van der Waals surface area (Å²) in [6.45, 7) is 3.93. The molecule has 1 N–H and O–H groups in total. The number of hydrogen-bond acceptors (Lipinski definition) is 5. The predicted octanol–water partition coefficient (Wildman–Crippen LogP) is 15.9. The fraction of sp³-hybridized carbons (Fsp3) is 0.536. The number of carbonyl (C=O) groups is 2. The van der Waals surface area contributed by atoms with Crippen LogP contribution in [0.2, 0.25) is 0 Å². The number of rotatable bonds is 41. The van der Waals surface area contributed by atoms with Gasteiger partial charge < -0.3 is 14.6 Å². The maximum atomic E-state index is 12.2. The summed E-state index contributed by atoms with van der Waals surface area (Å²) in [7, 11) is 0. The number of unbranched alkanes of at least 4 members (excludes halogenated alkanes) is 9. The van der Waals surface area contributed by atoms with Gasteiger partial charge in [-0.2, -0.15) is 0 Å². The number of aliphatic hydroxyl groups excluding tert-OH is 1. The van der Waals surface area contributed by atoms with Crippen molar-refractivity contribution in [1.82, 2.24) is 0 Å². The second-order valence-corrected chi connectivity index (χ2v) is 15.1. The molecule has 61 heavy (non-hydrogen) atoms. The monoisotopic (exact) mass is 839 g/mol. The van der Waals surface area contributed by atoms with Crippen molar-refractivity contribution in [3.05, 3.63) is 146 Å². The first-order chi connectivity index (χ1) is 30.1. The third-order valence-corrected chi connectivity index (χ3v) is 9.40. The minimum Gasteiger partial charge on any atom is -0.462 e. The molecule has 5 nitrogen and oxygen atoms in total. The second kappa shape index (κ2) is 50.1. The molecule has 0 spiro atoms. The maximum Gasteiger partial charge on any atom is 0.306 e. The van der Waals surface area contributed by atoms with Crippen molar-refractivity contribution < 1.29 is 24.2 Å². The van der Waals surface area contributed by atoms with Crippen LogP contribution in [0.4, 0.5) is 0 Å². The van der Waals surface area contributed by atoms with Crippen LogP contribution < -0.4 is 0 Å². The predicted molar refractivity (Wildman–Crippen MR) is 264 cm³/mol. The summed E-state index contributed by atoms with van der Waals surface area (Å²) in [5, 5.41) is 9.53. The lowest BCUT2D eigenvalue weighted by Crippen LogP contribution is -2.28. The standard InChI is InChI=1S/C56H86O5/c1-3-5-7-9-11-13-14-15-16-17-18-19-20-21-22-23-24-25-26-27-28-29-30-31-32-33-34-35-36-37-38-39-40-41-42-43-45-47-49-51-56(59)61-54(52-57)53-60-55(58)50-48-46-44-12-10-8-6-4-2/h5,7,11,13,15-16,18-19,21-22,24-25,27-28,30-31,33-34,36-37,39-40,42-43,54,57H,3-4,6,8-10,12,14,17,20,23,26,29,32,35,38,41,44-53H2,1-2H3/b7-5-,13-11-,16-15-,19-18-,22-21-,25-24-,28-27-,31-30-,34-33-,37-36-,40-39-,43-42-. The van der Waals surface area contributed by atoms with Gasteiger partial charge in [0.2, 0.25) is 0 Å². The Kier molecular flexibility index (Phi) is 46.7. The molecule has 0 saturated heterocycles. The van der Waals surface area contributed by atoms with E-state index in [2.05, 4.69) is 160 Å². The van der Waals surface area contributed by atoms with E-state index in [9.17, 15) is 14.7 Å². The quantitative estimate of drug-likeness (QED) is 0.0377. The van der Waals surface area contributed by atoms with Crippen LogP contribution in [-0.2, 0) is 19.1 Å². The first kappa shape index (κ1) is 56.8. The Hall–Kier alpha value is -4.22. The lowest BCUT2D eigenvalue weighted by atomic mass is 10.1. The van der Waals surface area contributed by atoms with E-state index in [1.54, 1.807) is 0 Å². The molecule has 0 amide bonds. The molecule has 5 heteroatoms. The molecule has 0 fully saturated rings.